The van der Waals surface area contributed by atoms with Crippen molar-refractivity contribution in [3.05, 3.63) is 58.9 Å². The number of hydrogen-bond donors (Lipinski definition) is 2. The number of benzene rings is 1. The molecule has 0 aliphatic heterocycles. The van der Waals surface area contributed by atoms with Gasteiger partial charge in [-0.1, -0.05) is 18.2 Å². The molecule has 0 fully saturated rings. The van der Waals surface area contributed by atoms with E-state index in [4.69, 9.17) is 4.74 Å². The molecule has 2 amide bonds. The summed E-state index contributed by atoms with van der Waals surface area (Å²) in [4.78, 5) is 16.1. The van der Waals surface area contributed by atoms with E-state index >= 15 is 0 Å². The number of nitrogens with zero attached hydrogens (tertiary/aromatic N) is 1. The normalized spacial score (nSPS) is 10.1. The average Bonchev–Trinajstić information content (AvgIpc) is 2.53. The molecule has 0 saturated carbocycles. The highest BCUT2D eigenvalue weighted by Gasteiger charge is 2.05. The minimum Gasteiger partial charge on any atom is -0.496 e. The van der Waals surface area contributed by atoms with E-state index in [0.29, 0.717) is 13.1 Å². The van der Waals surface area contributed by atoms with Crippen LogP contribution in [0.15, 0.2) is 36.5 Å². The van der Waals surface area contributed by atoms with Crippen molar-refractivity contribution < 1.29 is 9.53 Å². The summed E-state index contributed by atoms with van der Waals surface area (Å²) < 4.78 is 5.27. The summed E-state index contributed by atoms with van der Waals surface area (Å²) in [7, 11) is 1.64. The van der Waals surface area contributed by atoms with E-state index in [9.17, 15) is 4.79 Å². The molecule has 1 aromatic carbocycles. The van der Waals surface area contributed by atoms with Gasteiger partial charge in [-0.05, 0) is 42.7 Å². The number of nitrogens with one attached hydrogen (secondary N) is 2. The van der Waals surface area contributed by atoms with Gasteiger partial charge in [-0.3, -0.25) is 4.98 Å². The van der Waals surface area contributed by atoms with Crippen LogP contribution in [0, 0.1) is 13.8 Å². The fourth-order valence-electron chi connectivity index (χ4n) is 2.09. The SMILES string of the molecule is COc1cc(CNC(=O)NCc2ncccc2C)ccc1C. The second-order valence-electron chi connectivity index (χ2n) is 5.11. The fraction of sp³-hybridized carbons (Fsp3) is 0.294. The van der Waals surface area contributed by atoms with E-state index in [1.807, 2.05) is 44.2 Å². The van der Waals surface area contributed by atoms with Gasteiger partial charge in [0.2, 0.25) is 0 Å². The molecule has 5 nitrogen and oxygen atoms in total. The second-order valence-corrected chi connectivity index (χ2v) is 5.11. The van der Waals surface area contributed by atoms with Gasteiger partial charge in [0.1, 0.15) is 5.75 Å². The van der Waals surface area contributed by atoms with Crippen molar-refractivity contribution >= 4 is 6.03 Å². The summed E-state index contributed by atoms with van der Waals surface area (Å²) in [5.74, 6) is 0.823. The molecule has 0 saturated heterocycles. The van der Waals surface area contributed by atoms with Crippen molar-refractivity contribution in [3.63, 3.8) is 0 Å². The molecule has 0 atom stereocenters. The third kappa shape index (κ3) is 4.22. The minimum absolute atomic E-state index is 0.218. The van der Waals surface area contributed by atoms with E-state index < -0.39 is 0 Å². The summed E-state index contributed by atoms with van der Waals surface area (Å²) in [6.07, 6.45) is 1.72. The maximum absolute atomic E-state index is 11.8. The summed E-state index contributed by atoms with van der Waals surface area (Å²) in [6, 6.07) is 9.51. The van der Waals surface area contributed by atoms with Gasteiger partial charge in [-0.25, -0.2) is 4.79 Å². The Hall–Kier alpha value is -2.56. The molecule has 0 bridgehead atoms. The average molecular weight is 299 g/mol. The van der Waals surface area contributed by atoms with Crippen LogP contribution < -0.4 is 15.4 Å². The van der Waals surface area contributed by atoms with E-state index in [1.54, 1.807) is 13.3 Å². The van der Waals surface area contributed by atoms with Crippen LogP contribution in [0.2, 0.25) is 0 Å². The third-order valence-electron chi connectivity index (χ3n) is 3.46. The number of aromatic nitrogens is 1. The molecule has 1 aromatic heterocycles. The summed E-state index contributed by atoms with van der Waals surface area (Å²) >= 11 is 0. The lowest BCUT2D eigenvalue weighted by Gasteiger charge is -2.10. The van der Waals surface area contributed by atoms with Crippen molar-refractivity contribution in [2.24, 2.45) is 0 Å². The first-order valence-electron chi connectivity index (χ1n) is 7.16. The van der Waals surface area contributed by atoms with Crippen LogP contribution in [0.25, 0.3) is 0 Å². The number of rotatable bonds is 5. The van der Waals surface area contributed by atoms with E-state index in [1.165, 1.54) is 0 Å². The summed E-state index contributed by atoms with van der Waals surface area (Å²) in [5, 5.41) is 5.63. The molecule has 0 aliphatic rings. The number of amides is 2. The Morgan fingerprint density at radius 3 is 2.64 bits per heavy atom. The lowest BCUT2D eigenvalue weighted by atomic mass is 10.1. The van der Waals surface area contributed by atoms with Gasteiger partial charge in [0, 0.05) is 12.7 Å². The maximum atomic E-state index is 11.8. The monoisotopic (exact) mass is 299 g/mol. The largest absolute Gasteiger partial charge is 0.496 e. The van der Waals surface area contributed by atoms with E-state index in [-0.39, 0.29) is 6.03 Å². The molecule has 0 spiro atoms. The number of ether oxygens (including phenoxy) is 1. The molecule has 2 aromatic rings. The van der Waals surface area contributed by atoms with Crippen LogP contribution >= 0.6 is 0 Å². The standard InChI is InChI=1S/C17H21N3O2/c1-12-5-4-8-18-15(12)11-20-17(21)19-10-14-7-6-13(2)16(9-14)22-3/h4-9H,10-11H2,1-3H3,(H2,19,20,21). The van der Waals surface area contributed by atoms with Crippen LogP contribution in [0.4, 0.5) is 4.79 Å². The van der Waals surface area contributed by atoms with Crippen molar-refractivity contribution in [2.45, 2.75) is 26.9 Å². The molecule has 0 radical (unpaired) electrons. The van der Waals surface area contributed by atoms with Crippen LogP contribution in [0.1, 0.15) is 22.4 Å². The molecule has 116 valence electrons. The van der Waals surface area contributed by atoms with Crippen LogP contribution in [0.5, 0.6) is 5.75 Å². The highest BCUT2D eigenvalue weighted by atomic mass is 16.5. The fourth-order valence-corrected chi connectivity index (χ4v) is 2.09. The quantitative estimate of drug-likeness (QED) is 0.892. The van der Waals surface area contributed by atoms with E-state index in [2.05, 4.69) is 15.6 Å². The molecule has 2 rings (SSSR count). The Balaban J connectivity index is 1.84. The number of methoxy groups -OCH3 is 1. The Kier molecular flexibility index (Phi) is 5.36. The maximum Gasteiger partial charge on any atom is 0.315 e. The highest BCUT2D eigenvalue weighted by molar-refractivity contribution is 5.73. The Morgan fingerprint density at radius 1 is 1.14 bits per heavy atom. The van der Waals surface area contributed by atoms with Crippen molar-refractivity contribution in [1.82, 2.24) is 15.6 Å². The smallest absolute Gasteiger partial charge is 0.315 e. The van der Waals surface area contributed by atoms with E-state index in [0.717, 1.165) is 28.1 Å². The molecule has 22 heavy (non-hydrogen) atoms. The Bertz CT molecular complexity index is 656. The molecular weight excluding hydrogens is 278 g/mol. The van der Waals surface area contributed by atoms with Gasteiger partial charge in [0.05, 0.1) is 19.3 Å². The minimum atomic E-state index is -0.218. The third-order valence-corrected chi connectivity index (χ3v) is 3.46. The number of pyridine rings is 1. The molecule has 0 aliphatic carbocycles. The number of hydrogen-bond acceptors (Lipinski definition) is 3. The molecule has 0 unspecified atom stereocenters. The molecule has 5 heteroatoms. The van der Waals surface area contributed by atoms with Gasteiger partial charge < -0.3 is 15.4 Å². The first-order chi connectivity index (χ1) is 10.6. The van der Waals surface area contributed by atoms with Gasteiger partial charge in [0.25, 0.3) is 0 Å². The topological polar surface area (TPSA) is 63.2 Å². The number of aryl methyl sites for hydroxylation is 2. The number of urea groups is 1. The zero-order chi connectivity index (χ0) is 15.9. The Morgan fingerprint density at radius 2 is 1.91 bits per heavy atom. The highest BCUT2D eigenvalue weighted by Crippen LogP contribution is 2.18. The lowest BCUT2D eigenvalue weighted by Crippen LogP contribution is -2.34. The zero-order valence-electron chi connectivity index (χ0n) is 13.1. The van der Waals surface area contributed by atoms with Crippen molar-refractivity contribution in [3.8, 4) is 5.75 Å². The van der Waals surface area contributed by atoms with Gasteiger partial charge in [-0.2, -0.15) is 0 Å². The summed E-state index contributed by atoms with van der Waals surface area (Å²) in [6.45, 7) is 4.82. The van der Waals surface area contributed by atoms with Crippen molar-refractivity contribution in [1.29, 1.82) is 0 Å². The predicted molar refractivity (Wildman–Crippen MR) is 85.8 cm³/mol. The van der Waals surface area contributed by atoms with Crippen LogP contribution in [-0.2, 0) is 13.1 Å². The van der Waals surface area contributed by atoms with Crippen molar-refractivity contribution in [2.75, 3.05) is 7.11 Å². The van der Waals surface area contributed by atoms with Crippen LogP contribution in [-0.4, -0.2) is 18.1 Å². The lowest BCUT2D eigenvalue weighted by molar-refractivity contribution is 0.240. The van der Waals surface area contributed by atoms with Gasteiger partial charge >= 0.3 is 6.03 Å². The van der Waals surface area contributed by atoms with Gasteiger partial charge in [-0.15, -0.1) is 0 Å². The second kappa shape index (κ2) is 7.45. The molecule has 2 N–H and O–H groups in total. The first-order valence-corrected chi connectivity index (χ1v) is 7.16. The Labute approximate surface area is 130 Å². The zero-order valence-corrected chi connectivity index (χ0v) is 13.1. The van der Waals surface area contributed by atoms with Crippen LogP contribution in [0.3, 0.4) is 0 Å². The predicted octanol–water partition coefficient (Wildman–Crippen LogP) is 2.71. The first kappa shape index (κ1) is 15.8. The summed E-state index contributed by atoms with van der Waals surface area (Å²) in [5.41, 5.74) is 3.99. The number of carbonyl (C=O) groups is 1. The molecule has 1 heterocycles. The molecular formula is C17H21N3O2. The number of carbonyl (C=O) groups excluding carboxylic acids is 1. The van der Waals surface area contributed by atoms with Gasteiger partial charge in [0.15, 0.2) is 0 Å².